The smallest absolute Gasteiger partial charge is 0.194 e. The second-order valence-corrected chi connectivity index (χ2v) is 4.82. The number of oxazole rings is 1. The summed E-state index contributed by atoms with van der Waals surface area (Å²) >= 11 is 17.5. The Hall–Kier alpha value is -0.700. The highest BCUT2D eigenvalue weighted by Crippen LogP contribution is 2.27. The van der Waals surface area contributed by atoms with Crippen LogP contribution in [-0.4, -0.2) is 10.9 Å². The van der Waals surface area contributed by atoms with Crippen LogP contribution in [0.5, 0.6) is 0 Å². The molecule has 1 aromatic carbocycles. The molecule has 0 saturated heterocycles. The van der Waals surface area contributed by atoms with Crippen LogP contribution < -0.4 is 0 Å². The van der Waals surface area contributed by atoms with Gasteiger partial charge in [-0.1, -0.05) is 23.2 Å². The van der Waals surface area contributed by atoms with E-state index in [1.54, 1.807) is 24.4 Å². The molecule has 0 aliphatic rings. The Labute approximate surface area is 115 Å². The van der Waals surface area contributed by atoms with Gasteiger partial charge in [-0.3, -0.25) is 0 Å². The van der Waals surface area contributed by atoms with E-state index in [1.807, 2.05) is 0 Å². The van der Waals surface area contributed by atoms with Gasteiger partial charge in [0.05, 0.1) is 6.20 Å². The van der Waals surface area contributed by atoms with Gasteiger partial charge in [-0.05, 0) is 24.6 Å². The zero-order valence-electron chi connectivity index (χ0n) is 8.92. The highest BCUT2D eigenvalue weighted by molar-refractivity contribution is 6.35. The molecule has 0 saturated carbocycles. The van der Waals surface area contributed by atoms with Crippen molar-refractivity contribution in [3.8, 4) is 11.3 Å². The fourth-order valence-corrected chi connectivity index (χ4v) is 2.13. The van der Waals surface area contributed by atoms with Gasteiger partial charge in [0.15, 0.2) is 11.7 Å². The highest BCUT2D eigenvalue weighted by atomic mass is 35.5. The van der Waals surface area contributed by atoms with E-state index in [9.17, 15) is 0 Å². The summed E-state index contributed by atoms with van der Waals surface area (Å²) in [5.74, 6) is 1.94. The average molecular weight is 291 g/mol. The molecule has 0 spiro atoms. The standard InChI is InChI=1S/C12H10Cl3NO/c13-3-1-2-12-16-7-11(17-12)8-4-9(14)6-10(15)5-8/h4-7H,1-3H2. The monoisotopic (exact) mass is 289 g/mol. The van der Waals surface area contributed by atoms with Crippen molar-refractivity contribution in [1.82, 2.24) is 4.98 Å². The predicted molar refractivity (Wildman–Crippen MR) is 71.0 cm³/mol. The van der Waals surface area contributed by atoms with E-state index in [2.05, 4.69) is 4.98 Å². The van der Waals surface area contributed by atoms with Crippen LogP contribution in [0.25, 0.3) is 11.3 Å². The third-order valence-electron chi connectivity index (χ3n) is 2.22. The lowest BCUT2D eigenvalue weighted by atomic mass is 10.2. The quantitative estimate of drug-likeness (QED) is 0.755. The summed E-state index contributed by atoms with van der Waals surface area (Å²) in [4.78, 5) is 4.18. The normalized spacial score (nSPS) is 10.8. The molecule has 1 heterocycles. The van der Waals surface area contributed by atoms with Gasteiger partial charge in [-0.15, -0.1) is 11.6 Å². The molecule has 5 heteroatoms. The molecule has 0 N–H and O–H groups in total. The van der Waals surface area contributed by atoms with Gasteiger partial charge in [0.25, 0.3) is 0 Å². The Morgan fingerprint density at radius 1 is 1.12 bits per heavy atom. The Balaban J connectivity index is 2.24. The topological polar surface area (TPSA) is 26.0 Å². The summed E-state index contributed by atoms with van der Waals surface area (Å²) in [5, 5.41) is 1.15. The summed E-state index contributed by atoms with van der Waals surface area (Å²) < 4.78 is 5.59. The third-order valence-corrected chi connectivity index (χ3v) is 2.93. The van der Waals surface area contributed by atoms with Crippen molar-refractivity contribution < 1.29 is 4.42 Å². The fraction of sp³-hybridized carbons (Fsp3) is 0.250. The molecule has 2 rings (SSSR count). The van der Waals surface area contributed by atoms with Crippen molar-refractivity contribution in [3.05, 3.63) is 40.3 Å². The molecule has 17 heavy (non-hydrogen) atoms. The van der Waals surface area contributed by atoms with Crippen molar-refractivity contribution in [2.75, 3.05) is 5.88 Å². The minimum absolute atomic E-state index is 0.575. The minimum Gasteiger partial charge on any atom is -0.441 e. The van der Waals surface area contributed by atoms with Crippen LogP contribution in [0, 0.1) is 0 Å². The first-order valence-corrected chi connectivity index (χ1v) is 6.45. The number of aromatic nitrogens is 1. The summed E-state index contributed by atoms with van der Waals surface area (Å²) in [5.41, 5.74) is 0.826. The maximum Gasteiger partial charge on any atom is 0.194 e. The zero-order chi connectivity index (χ0) is 12.3. The van der Waals surface area contributed by atoms with Crippen LogP contribution in [0.2, 0.25) is 10.0 Å². The van der Waals surface area contributed by atoms with Gasteiger partial charge >= 0.3 is 0 Å². The number of hydrogen-bond acceptors (Lipinski definition) is 2. The molecule has 90 valence electrons. The minimum atomic E-state index is 0.575. The Bertz CT molecular complexity index is 490. The van der Waals surface area contributed by atoms with Gasteiger partial charge in [0, 0.05) is 27.9 Å². The second-order valence-electron chi connectivity index (χ2n) is 3.57. The van der Waals surface area contributed by atoms with Crippen molar-refractivity contribution in [3.63, 3.8) is 0 Å². The Morgan fingerprint density at radius 2 is 1.82 bits per heavy atom. The first-order chi connectivity index (χ1) is 8.19. The molecule has 1 aromatic heterocycles. The van der Waals surface area contributed by atoms with E-state index in [0.29, 0.717) is 27.6 Å². The first-order valence-electron chi connectivity index (χ1n) is 5.16. The van der Waals surface area contributed by atoms with E-state index in [4.69, 9.17) is 39.2 Å². The van der Waals surface area contributed by atoms with E-state index >= 15 is 0 Å². The number of nitrogens with zero attached hydrogens (tertiary/aromatic N) is 1. The van der Waals surface area contributed by atoms with Crippen molar-refractivity contribution in [2.24, 2.45) is 0 Å². The van der Waals surface area contributed by atoms with E-state index in [-0.39, 0.29) is 0 Å². The number of alkyl halides is 1. The van der Waals surface area contributed by atoms with Gasteiger partial charge in [0.2, 0.25) is 0 Å². The molecular weight excluding hydrogens is 280 g/mol. The molecule has 0 aliphatic heterocycles. The van der Waals surface area contributed by atoms with Crippen molar-refractivity contribution >= 4 is 34.8 Å². The van der Waals surface area contributed by atoms with E-state index in [1.165, 1.54) is 0 Å². The van der Waals surface area contributed by atoms with Crippen LogP contribution in [0.15, 0.2) is 28.8 Å². The van der Waals surface area contributed by atoms with E-state index < -0.39 is 0 Å². The van der Waals surface area contributed by atoms with Crippen molar-refractivity contribution in [1.29, 1.82) is 0 Å². The van der Waals surface area contributed by atoms with Gasteiger partial charge in [-0.25, -0.2) is 4.98 Å². The maximum atomic E-state index is 5.93. The molecule has 0 bridgehead atoms. The summed E-state index contributed by atoms with van der Waals surface area (Å²) in [6.45, 7) is 0. The lowest BCUT2D eigenvalue weighted by Gasteiger charge is -1.99. The molecule has 0 fully saturated rings. The van der Waals surface area contributed by atoms with Gasteiger partial charge < -0.3 is 4.42 Å². The Morgan fingerprint density at radius 3 is 2.47 bits per heavy atom. The summed E-state index contributed by atoms with van der Waals surface area (Å²) in [6.07, 6.45) is 3.25. The molecule has 2 aromatic rings. The molecule has 2 nitrogen and oxygen atoms in total. The lowest BCUT2D eigenvalue weighted by molar-refractivity contribution is 0.503. The summed E-state index contributed by atoms with van der Waals surface area (Å²) in [7, 11) is 0. The van der Waals surface area contributed by atoms with Gasteiger partial charge in [-0.2, -0.15) is 0 Å². The molecule has 0 radical (unpaired) electrons. The summed E-state index contributed by atoms with van der Waals surface area (Å²) in [6, 6.07) is 5.26. The van der Waals surface area contributed by atoms with Crippen LogP contribution in [0.4, 0.5) is 0 Å². The fourth-order valence-electron chi connectivity index (χ4n) is 1.47. The number of aryl methyl sites for hydroxylation is 1. The molecule has 0 atom stereocenters. The highest BCUT2D eigenvalue weighted by Gasteiger charge is 2.07. The maximum absolute atomic E-state index is 5.93. The van der Waals surface area contributed by atoms with Crippen LogP contribution in [0.1, 0.15) is 12.3 Å². The predicted octanol–water partition coefficient (Wildman–Crippen LogP) is 4.82. The van der Waals surface area contributed by atoms with Crippen LogP contribution in [-0.2, 0) is 6.42 Å². The SMILES string of the molecule is ClCCCc1ncc(-c2cc(Cl)cc(Cl)c2)o1. The molecule has 0 aliphatic carbocycles. The van der Waals surface area contributed by atoms with Crippen LogP contribution in [0.3, 0.4) is 0 Å². The number of benzene rings is 1. The van der Waals surface area contributed by atoms with Crippen LogP contribution >= 0.6 is 34.8 Å². The second kappa shape index (κ2) is 5.76. The molecule has 0 amide bonds. The number of rotatable bonds is 4. The molecular formula is C12H10Cl3NO. The first kappa shape index (κ1) is 12.7. The molecule has 0 unspecified atom stereocenters. The lowest BCUT2D eigenvalue weighted by Crippen LogP contribution is -1.84. The average Bonchev–Trinajstić information content (AvgIpc) is 2.73. The number of halogens is 3. The third kappa shape index (κ3) is 3.38. The number of hydrogen-bond donors (Lipinski definition) is 0. The Kier molecular flexibility index (Phi) is 4.32. The largest absolute Gasteiger partial charge is 0.441 e. The zero-order valence-corrected chi connectivity index (χ0v) is 11.2. The van der Waals surface area contributed by atoms with E-state index in [0.717, 1.165) is 18.4 Å². The van der Waals surface area contributed by atoms with Gasteiger partial charge in [0.1, 0.15) is 0 Å². The van der Waals surface area contributed by atoms with Crippen molar-refractivity contribution in [2.45, 2.75) is 12.8 Å².